The monoisotopic (exact) mass is 372 g/mol. The smallest absolute Gasteiger partial charge is 0.194 e. The zero-order valence-electron chi connectivity index (χ0n) is 15.4. The van der Waals surface area contributed by atoms with Gasteiger partial charge in [0.2, 0.25) is 0 Å². The van der Waals surface area contributed by atoms with Gasteiger partial charge in [-0.3, -0.25) is 0 Å². The Morgan fingerprint density at radius 3 is 2.67 bits per heavy atom. The molecule has 0 bridgehead atoms. The average Bonchev–Trinajstić information content (AvgIpc) is 2.67. The fourth-order valence-corrected chi connectivity index (χ4v) is 2.34. The van der Waals surface area contributed by atoms with E-state index in [-0.39, 0.29) is 24.5 Å². The lowest BCUT2D eigenvalue weighted by atomic mass is 10.1. The predicted octanol–water partition coefficient (Wildman–Crippen LogP) is 3.31. The third-order valence-corrected chi connectivity index (χ3v) is 3.80. The summed E-state index contributed by atoms with van der Waals surface area (Å²) in [6.45, 7) is 3.45. The number of nitriles is 1. The summed E-state index contributed by atoms with van der Waals surface area (Å²) in [5, 5.41) is 11.9. The number of ether oxygens (including phenoxy) is 1. The molecule has 0 amide bonds. The van der Waals surface area contributed by atoms with Crippen LogP contribution in [-0.4, -0.2) is 37.6 Å². The topological polar surface area (TPSA) is 60.7 Å². The van der Waals surface area contributed by atoms with Gasteiger partial charge in [-0.1, -0.05) is 18.2 Å². The van der Waals surface area contributed by atoms with E-state index in [1.165, 1.54) is 12.1 Å². The maximum Gasteiger partial charge on any atom is 0.194 e. The van der Waals surface area contributed by atoms with E-state index < -0.39 is 11.6 Å². The Kier molecular flexibility index (Phi) is 7.56. The van der Waals surface area contributed by atoms with Gasteiger partial charge in [0, 0.05) is 19.2 Å². The fourth-order valence-electron chi connectivity index (χ4n) is 2.34. The Morgan fingerprint density at radius 1 is 1.22 bits per heavy atom. The van der Waals surface area contributed by atoms with Crippen molar-refractivity contribution in [3.05, 3.63) is 65.2 Å². The highest BCUT2D eigenvalue weighted by molar-refractivity contribution is 5.79. The minimum absolute atomic E-state index is 0.137. The Morgan fingerprint density at radius 2 is 2.00 bits per heavy atom. The summed E-state index contributed by atoms with van der Waals surface area (Å²) in [6.07, 6.45) is 0. The molecule has 2 rings (SSSR count). The van der Waals surface area contributed by atoms with Gasteiger partial charge in [0.25, 0.3) is 0 Å². The lowest BCUT2D eigenvalue weighted by Gasteiger charge is -2.22. The van der Waals surface area contributed by atoms with Crippen LogP contribution in [0.5, 0.6) is 5.75 Å². The molecule has 27 heavy (non-hydrogen) atoms. The number of hydrogen-bond acceptors (Lipinski definition) is 3. The largest absolute Gasteiger partial charge is 0.489 e. The van der Waals surface area contributed by atoms with Crippen molar-refractivity contribution in [2.45, 2.75) is 13.5 Å². The van der Waals surface area contributed by atoms with E-state index in [0.29, 0.717) is 24.6 Å². The molecule has 142 valence electrons. The Labute approximate surface area is 157 Å². The fraction of sp³-hybridized carbons (Fsp3) is 0.300. The summed E-state index contributed by atoms with van der Waals surface area (Å²) in [6, 6.07) is 12.4. The second kappa shape index (κ2) is 10.1. The van der Waals surface area contributed by atoms with E-state index in [0.717, 1.165) is 0 Å². The summed E-state index contributed by atoms with van der Waals surface area (Å²) >= 11 is 0. The van der Waals surface area contributed by atoms with Crippen LogP contribution in [-0.2, 0) is 6.54 Å². The molecule has 0 unspecified atom stereocenters. The van der Waals surface area contributed by atoms with Gasteiger partial charge in [-0.15, -0.1) is 0 Å². The Hall–Kier alpha value is -3.14. The zero-order valence-corrected chi connectivity index (χ0v) is 15.4. The zero-order chi connectivity index (χ0) is 19.6. The van der Waals surface area contributed by atoms with Crippen molar-refractivity contribution in [2.75, 3.05) is 26.7 Å². The van der Waals surface area contributed by atoms with Crippen molar-refractivity contribution < 1.29 is 13.5 Å². The molecule has 0 aliphatic carbocycles. The number of rotatable bonds is 7. The van der Waals surface area contributed by atoms with Gasteiger partial charge in [0.1, 0.15) is 12.4 Å². The number of aliphatic imine (C=N–C) groups is 1. The van der Waals surface area contributed by atoms with Gasteiger partial charge >= 0.3 is 0 Å². The number of nitrogens with zero attached hydrogens (tertiary/aromatic N) is 3. The van der Waals surface area contributed by atoms with E-state index >= 15 is 0 Å². The van der Waals surface area contributed by atoms with Gasteiger partial charge in [-0.05, 0) is 31.2 Å². The molecule has 0 spiro atoms. The van der Waals surface area contributed by atoms with E-state index in [2.05, 4.69) is 10.3 Å². The minimum Gasteiger partial charge on any atom is -0.489 e. The number of halogens is 2. The summed E-state index contributed by atoms with van der Waals surface area (Å²) in [7, 11) is 1.82. The van der Waals surface area contributed by atoms with Crippen LogP contribution in [0.25, 0.3) is 0 Å². The summed E-state index contributed by atoms with van der Waals surface area (Å²) in [4.78, 5) is 6.25. The molecule has 0 saturated carbocycles. The first-order chi connectivity index (χ1) is 13.0. The maximum absolute atomic E-state index is 14.0. The van der Waals surface area contributed by atoms with Crippen LogP contribution in [0, 0.1) is 23.0 Å². The van der Waals surface area contributed by atoms with Crippen LogP contribution in [0.3, 0.4) is 0 Å². The van der Waals surface area contributed by atoms with E-state index in [4.69, 9.17) is 10.00 Å². The predicted molar refractivity (Wildman–Crippen MR) is 100 cm³/mol. The van der Waals surface area contributed by atoms with Gasteiger partial charge in [0.15, 0.2) is 17.5 Å². The van der Waals surface area contributed by atoms with Gasteiger partial charge < -0.3 is 15.0 Å². The summed E-state index contributed by atoms with van der Waals surface area (Å²) in [5.41, 5.74) is 0.676. The SMILES string of the molecule is CCNC(=NCc1ccc(C#N)cc1F)N(C)CCOc1ccccc1F. The first-order valence-corrected chi connectivity index (χ1v) is 8.60. The lowest BCUT2D eigenvalue weighted by molar-refractivity contribution is 0.270. The number of hydrogen-bond donors (Lipinski definition) is 1. The highest BCUT2D eigenvalue weighted by atomic mass is 19.1. The number of para-hydroxylation sites is 1. The molecule has 0 aromatic heterocycles. The number of likely N-dealkylation sites (N-methyl/N-ethyl adjacent to an activating group) is 1. The van der Waals surface area contributed by atoms with Crippen LogP contribution in [0.15, 0.2) is 47.5 Å². The average molecular weight is 372 g/mol. The van der Waals surface area contributed by atoms with E-state index in [1.807, 2.05) is 24.9 Å². The van der Waals surface area contributed by atoms with Gasteiger partial charge in [-0.25, -0.2) is 13.8 Å². The van der Waals surface area contributed by atoms with Crippen LogP contribution in [0.4, 0.5) is 8.78 Å². The van der Waals surface area contributed by atoms with E-state index in [9.17, 15) is 8.78 Å². The van der Waals surface area contributed by atoms with Gasteiger partial charge in [-0.2, -0.15) is 5.26 Å². The molecule has 0 aliphatic heterocycles. The van der Waals surface area contributed by atoms with Crippen LogP contribution in [0.1, 0.15) is 18.1 Å². The molecule has 5 nitrogen and oxygen atoms in total. The molecule has 2 aromatic carbocycles. The molecular weight excluding hydrogens is 350 g/mol. The molecule has 0 heterocycles. The second-order valence-electron chi connectivity index (χ2n) is 5.79. The first kappa shape index (κ1) is 20.2. The highest BCUT2D eigenvalue weighted by Crippen LogP contribution is 2.15. The van der Waals surface area contributed by atoms with Crippen LogP contribution in [0.2, 0.25) is 0 Å². The van der Waals surface area contributed by atoms with Crippen molar-refractivity contribution in [1.29, 1.82) is 5.26 Å². The van der Waals surface area contributed by atoms with E-state index in [1.54, 1.807) is 30.3 Å². The van der Waals surface area contributed by atoms with Crippen molar-refractivity contribution in [2.24, 2.45) is 4.99 Å². The normalized spacial score (nSPS) is 11.0. The molecule has 7 heteroatoms. The first-order valence-electron chi connectivity index (χ1n) is 8.60. The maximum atomic E-state index is 14.0. The Balaban J connectivity index is 1.97. The van der Waals surface area contributed by atoms with Crippen LogP contribution < -0.4 is 10.1 Å². The Bertz CT molecular complexity index is 833. The second-order valence-corrected chi connectivity index (χ2v) is 5.79. The lowest BCUT2D eigenvalue weighted by Crippen LogP contribution is -2.40. The summed E-state index contributed by atoms with van der Waals surface area (Å²) < 4.78 is 33.0. The van der Waals surface area contributed by atoms with Crippen molar-refractivity contribution >= 4 is 5.96 Å². The number of guanidine groups is 1. The third kappa shape index (κ3) is 5.96. The molecule has 2 aromatic rings. The molecule has 0 aliphatic rings. The molecule has 0 atom stereocenters. The molecular formula is C20H22F2N4O. The minimum atomic E-state index is -0.459. The molecule has 1 N–H and O–H groups in total. The summed E-state index contributed by atoms with van der Waals surface area (Å²) in [5.74, 6) is -0.0814. The van der Waals surface area contributed by atoms with Crippen molar-refractivity contribution in [1.82, 2.24) is 10.2 Å². The highest BCUT2D eigenvalue weighted by Gasteiger charge is 2.09. The molecule has 0 saturated heterocycles. The number of benzene rings is 2. The third-order valence-electron chi connectivity index (χ3n) is 3.80. The van der Waals surface area contributed by atoms with Crippen molar-refractivity contribution in [3.8, 4) is 11.8 Å². The molecule has 0 fully saturated rings. The van der Waals surface area contributed by atoms with Crippen molar-refractivity contribution in [3.63, 3.8) is 0 Å². The van der Waals surface area contributed by atoms with Crippen LogP contribution >= 0.6 is 0 Å². The van der Waals surface area contributed by atoms with Gasteiger partial charge in [0.05, 0.1) is 24.7 Å². The molecule has 0 radical (unpaired) electrons. The number of nitrogens with one attached hydrogen (secondary N) is 1. The quantitative estimate of drug-likeness (QED) is 0.598. The standard InChI is InChI=1S/C20H22F2N4O/c1-3-24-20(25-14-16-9-8-15(13-23)12-18(16)22)26(2)10-11-27-19-7-5-4-6-17(19)21/h4-9,12H,3,10-11,14H2,1-2H3,(H,24,25).